The lowest BCUT2D eigenvalue weighted by Gasteiger charge is -2.10. The highest BCUT2D eigenvalue weighted by Crippen LogP contribution is 2.33. The Labute approximate surface area is 138 Å². The number of aliphatic imine (C=N–C) groups is 2. The molecular weight excluding hydrogens is 371 g/mol. The van der Waals surface area contributed by atoms with Gasteiger partial charge in [-0.25, -0.2) is 4.99 Å². The molecule has 1 aromatic carbocycles. The molecule has 1 aromatic rings. The molecule has 0 aliphatic heterocycles. The third-order valence-electron chi connectivity index (χ3n) is 1.85. The van der Waals surface area contributed by atoms with E-state index in [4.69, 9.17) is 68.8 Å². The highest BCUT2D eigenvalue weighted by molar-refractivity contribution is 6.77. The van der Waals surface area contributed by atoms with Crippen LogP contribution >= 0.6 is 58.0 Å². The summed E-state index contributed by atoms with van der Waals surface area (Å²) in [5, 5.41) is 7.40. The molecule has 0 aromatic heterocycles. The van der Waals surface area contributed by atoms with E-state index in [1.54, 1.807) is 0 Å². The van der Waals surface area contributed by atoms with Crippen LogP contribution in [0.15, 0.2) is 28.2 Å². The number of nitrogens with zero attached hydrogens (tertiary/aromatic N) is 2. The summed E-state index contributed by atoms with van der Waals surface area (Å²) in [6.07, 6.45) is 0. The molecule has 0 unspecified atom stereocenters. The Balaban J connectivity index is 3.35. The van der Waals surface area contributed by atoms with Crippen molar-refractivity contribution < 1.29 is 9.90 Å². The Morgan fingerprint density at radius 1 is 1.25 bits per heavy atom. The second-order valence-corrected chi connectivity index (χ2v) is 6.48. The lowest BCUT2D eigenvalue weighted by molar-refractivity contribution is -0.129. The predicted molar refractivity (Wildman–Crippen MR) is 84.1 cm³/mol. The molecule has 108 valence electrons. The van der Waals surface area contributed by atoms with Crippen molar-refractivity contribution >= 4 is 81.3 Å². The molecule has 1 rings (SSSR count). The van der Waals surface area contributed by atoms with Crippen molar-refractivity contribution in [3.63, 3.8) is 0 Å². The largest absolute Gasteiger partial charge is 0.584 e. The third-order valence-corrected chi connectivity index (χ3v) is 2.89. The van der Waals surface area contributed by atoms with Gasteiger partial charge in [0, 0.05) is 5.02 Å². The summed E-state index contributed by atoms with van der Waals surface area (Å²) in [7, 11) is 0. The van der Waals surface area contributed by atoms with E-state index >= 15 is 0 Å². The molecule has 10 heteroatoms. The molecule has 0 saturated heterocycles. The molecule has 20 heavy (non-hydrogen) atoms. The minimum absolute atomic E-state index is 0.190. The van der Waals surface area contributed by atoms with E-state index in [9.17, 15) is 4.79 Å². The van der Waals surface area contributed by atoms with Crippen LogP contribution in [0.25, 0.3) is 0 Å². The number of hydrogen-bond donors (Lipinski definition) is 1. The summed E-state index contributed by atoms with van der Waals surface area (Å²) in [6, 6.07) is 4.42. The van der Waals surface area contributed by atoms with E-state index in [0.717, 1.165) is 0 Å². The van der Waals surface area contributed by atoms with E-state index < -0.39 is 21.4 Å². The van der Waals surface area contributed by atoms with Crippen molar-refractivity contribution in [2.45, 2.75) is 3.79 Å². The Bertz CT molecular complexity index is 595. The summed E-state index contributed by atoms with van der Waals surface area (Å²) in [5.74, 6) is -2.29. The van der Waals surface area contributed by atoms with Crippen LogP contribution in [0.4, 0.5) is 5.69 Å². The van der Waals surface area contributed by atoms with Crippen molar-refractivity contribution in [3.05, 3.63) is 28.2 Å². The summed E-state index contributed by atoms with van der Waals surface area (Å²) in [4.78, 5) is 18.2. The standard InChI is InChI=1S/C10H6Cl5N3O2/c11-4-1-2-6(5(12)3-4)17-9(10(13,14)15)18-7(16)8(19)20/h1-3H,(H,19,20)(H2,16,17,18)/p+1. The maximum atomic E-state index is 10.8. The second-order valence-electron chi connectivity index (χ2n) is 3.36. The number of rotatable bonds is 1. The molecule has 0 atom stereocenters. The van der Waals surface area contributed by atoms with Crippen LogP contribution in [0.3, 0.4) is 0 Å². The number of carbonyl (C=O) groups excluding carboxylic acids is 1. The van der Waals surface area contributed by atoms with Gasteiger partial charge >= 0.3 is 5.97 Å². The number of alkyl halides is 3. The Kier molecular flexibility index (Phi) is 5.91. The van der Waals surface area contributed by atoms with Crippen LogP contribution in [-0.2, 0) is 4.79 Å². The van der Waals surface area contributed by atoms with Gasteiger partial charge in [0.05, 0.1) is 15.5 Å². The molecule has 0 heterocycles. The summed E-state index contributed by atoms with van der Waals surface area (Å²) in [6.45, 7) is 0. The van der Waals surface area contributed by atoms with Gasteiger partial charge in [-0.1, -0.05) is 58.0 Å². The van der Waals surface area contributed by atoms with Gasteiger partial charge in [0.2, 0.25) is 3.79 Å². The zero-order chi connectivity index (χ0) is 15.5. The highest BCUT2D eigenvalue weighted by Gasteiger charge is 2.30. The fourth-order valence-electron chi connectivity index (χ4n) is 1.00. The molecule has 0 radical (unpaired) electrons. The Morgan fingerprint density at radius 3 is 2.30 bits per heavy atom. The SMILES string of the molecule is NC(=NC(=Nc1ccc(Cl)cc1Cl)C(Cl)(Cl)Cl)C(=O)[OH2+]. The number of benzene rings is 1. The van der Waals surface area contributed by atoms with Gasteiger partial charge < -0.3 is 10.8 Å². The normalized spacial score (nSPS) is 13.4. The maximum absolute atomic E-state index is 10.8. The monoisotopic (exact) mass is 376 g/mol. The van der Waals surface area contributed by atoms with E-state index in [-0.39, 0.29) is 10.7 Å². The van der Waals surface area contributed by atoms with Gasteiger partial charge in [-0.05, 0) is 18.2 Å². The third kappa shape index (κ3) is 5.00. The molecule has 0 aliphatic carbocycles. The maximum Gasteiger partial charge on any atom is 0.584 e. The molecule has 0 amide bonds. The molecule has 4 N–H and O–H groups in total. The molecule has 5 nitrogen and oxygen atoms in total. The first-order chi connectivity index (χ1) is 9.11. The molecule has 0 fully saturated rings. The van der Waals surface area contributed by atoms with Crippen LogP contribution in [0.1, 0.15) is 0 Å². The number of nitrogens with two attached hydrogens (primary N) is 1. The molecule has 0 spiro atoms. The summed E-state index contributed by atoms with van der Waals surface area (Å²) < 4.78 is -2.05. The predicted octanol–water partition coefficient (Wildman–Crippen LogP) is 3.00. The number of halogens is 5. The van der Waals surface area contributed by atoms with E-state index in [1.807, 2.05) is 0 Å². The minimum Gasteiger partial charge on any atom is -0.559 e. The average molecular weight is 378 g/mol. The van der Waals surface area contributed by atoms with Gasteiger partial charge in [-0.2, -0.15) is 4.99 Å². The van der Waals surface area contributed by atoms with Crippen molar-refractivity contribution in [1.82, 2.24) is 0 Å². The zero-order valence-corrected chi connectivity index (χ0v) is 13.3. The topological polar surface area (TPSA) is 90.7 Å². The Hall–Kier alpha value is -0.720. The lowest BCUT2D eigenvalue weighted by atomic mass is 10.3. The first-order valence-electron chi connectivity index (χ1n) is 4.82. The number of amidine groups is 2. The van der Waals surface area contributed by atoms with Gasteiger partial charge in [0.15, 0.2) is 5.84 Å². The van der Waals surface area contributed by atoms with Crippen molar-refractivity contribution in [2.75, 3.05) is 0 Å². The summed E-state index contributed by atoms with van der Waals surface area (Å²) >= 11 is 28.7. The Morgan fingerprint density at radius 2 is 1.85 bits per heavy atom. The number of carbonyl (C=O) groups is 1. The lowest BCUT2D eigenvalue weighted by Crippen LogP contribution is -2.28. The molecular formula is C10H7Cl5N3O2+. The van der Waals surface area contributed by atoms with E-state index in [1.165, 1.54) is 18.2 Å². The highest BCUT2D eigenvalue weighted by atomic mass is 35.6. The smallest absolute Gasteiger partial charge is 0.559 e. The summed E-state index contributed by atoms with van der Waals surface area (Å²) in [5.41, 5.74) is 5.45. The van der Waals surface area contributed by atoms with Gasteiger partial charge in [0.25, 0.3) is 5.84 Å². The van der Waals surface area contributed by atoms with Crippen LogP contribution in [0.5, 0.6) is 0 Å². The first-order valence-corrected chi connectivity index (χ1v) is 6.71. The average Bonchev–Trinajstić information content (AvgIpc) is 2.29. The van der Waals surface area contributed by atoms with Crippen LogP contribution in [-0.4, -0.2) is 26.5 Å². The van der Waals surface area contributed by atoms with Crippen LogP contribution in [0.2, 0.25) is 10.0 Å². The van der Waals surface area contributed by atoms with Crippen molar-refractivity contribution in [3.8, 4) is 0 Å². The minimum atomic E-state index is -2.05. The first kappa shape index (κ1) is 17.3. The quantitative estimate of drug-likeness (QED) is 0.352. The van der Waals surface area contributed by atoms with E-state index in [2.05, 4.69) is 9.98 Å². The zero-order valence-electron chi connectivity index (χ0n) is 9.50. The fourth-order valence-corrected chi connectivity index (χ4v) is 1.71. The molecule has 0 aliphatic rings. The van der Waals surface area contributed by atoms with Gasteiger partial charge in [-0.3, -0.25) is 0 Å². The van der Waals surface area contributed by atoms with Crippen LogP contribution < -0.4 is 5.73 Å². The fraction of sp³-hybridized carbons (Fsp3) is 0.100. The second kappa shape index (κ2) is 6.83. The molecule has 0 bridgehead atoms. The van der Waals surface area contributed by atoms with Gasteiger partial charge in [0.1, 0.15) is 0 Å². The van der Waals surface area contributed by atoms with Crippen LogP contribution in [0, 0.1) is 0 Å². The van der Waals surface area contributed by atoms with Crippen molar-refractivity contribution in [2.24, 2.45) is 15.7 Å². The van der Waals surface area contributed by atoms with Gasteiger partial charge in [-0.15, -0.1) is 0 Å². The number of hydrogen-bond acceptors (Lipinski definition) is 2. The van der Waals surface area contributed by atoms with Crippen molar-refractivity contribution in [1.29, 1.82) is 0 Å². The molecule has 0 saturated carbocycles. The van der Waals surface area contributed by atoms with E-state index in [0.29, 0.717) is 5.02 Å².